The number of rotatable bonds is 2. The van der Waals surface area contributed by atoms with Gasteiger partial charge < -0.3 is 5.11 Å². The maximum Gasteiger partial charge on any atom is 0.215 e. The molecule has 0 atom stereocenters. The van der Waals surface area contributed by atoms with Crippen molar-refractivity contribution in [3.05, 3.63) is 60.2 Å². The molecule has 4 nitrogen and oxygen atoms in total. The Morgan fingerprint density at radius 1 is 1.05 bits per heavy atom. The summed E-state index contributed by atoms with van der Waals surface area (Å²) >= 11 is 1.65. The van der Waals surface area contributed by atoms with Crippen molar-refractivity contribution in [2.75, 3.05) is 0 Å². The predicted octanol–water partition coefficient (Wildman–Crippen LogP) is 3.83. The third-order valence-corrected chi connectivity index (χ3v) is 4.32. The topological polar surface area (TPSA) is 50.4 Å². The average molecular weight is 293 g/mol. The van der Waals surface area contributed by atoms with Gasteiger partial charge in [0.15, 0.2) is 5.65 Å². The second kappa shape index (κ2) is 4.71. The summed E-state index contributed by atoms with van der Waals surface area (Å²) in [7, 11) is 0. The molecule has 0 unspecified atom stereocenters. The minimum atomic E-state index is 0.0890. The van der Waals surface area contributed by atoms with Gasteiger partial charge in [-0.1, -0.05) is 30.3 Å². The van der Waals surface area contributed by atoms with Crippen LogP contribution in [0, 0.1) is 0 Å². The summed E-state index contributed by atoms with van der Waals surface area (Å²) < 4.78 is 1.44. The third kappa shape index (κ3) is 1.98. The van der Waals surface area contributed by atoms with Crippen molar-refractivity contribution in [2.45, 2.75) is 0 Å². The molecular weight excluding hydrogens is 282 g/mol. The number of fused-ring (bicyclic) bond motifs is 1. The van der Waals surface area contributed by atoms with Crippen molar-refractivity contribution in [3.63, 3.8) is 0 Å². The Hall–Kier alpha value is -2.66. The first-order chi connectivity index (χ1) is 10.3. The minimum absolute atomic E-state index is 0.0890. The highest BCUT2D eigenvalue weighted by atomic mass is 32.1. The van der Waals surface area contributed by atoms with E-state index in [1.54, 1.807) is 23.7 Å². The number of aromatic hydroxyl groups is 1. The lowest BCUT2D eigenvalue weighted by atomic mass is 10.1. The molecule has 3 heterocycles. The molecule has 21 heavy (non-hydrogen) atoms. The van der Waals surface area contributed by atoms with E-state index in [4.69, 9.17) is 0 Å². The van der Waals surface area contributed by atoms with Gasteiger partial charge in [0.25, 0.3) is 0 Å². The van der Waals surface area contributed by atoms with Crippen molar-refractivity contribution in [1.82, 2.24) is 14.6 Å². The maximum absolute atomic E-state index is 9.78. The van der Waals surface area contributed by atoms with Gasteiger partial charge in [0.05, 0.1) is 11.8 Å². The van der Waals surface area contributed by atoms with E-state index in [0.29, 0.717) is 5.65 Å². The van der Waals surface area contributed by atoms with Gasteiger partial charge in [-0.25, -0.2) is 4.98 Å². The molecule has 0 saturated heterocycles. The number of nitrogens with zero attached hydrogens (tertiary/aromatic N) is 3. The summed E-state index contributed by atoms with van der Waals surface area (Å²) in [6, 6.07) is 13.9. The summed E-state index contributed by atoms with van der Waals surface area (Å²) in [6.07, 6.45) is 3.32. The average Bonchev–Trinajstić information content (AvgIpc) is 3.15. The van der Waals surface area contributed by atoms with E-state index in [1.165, 1.54) is 21.7 Å². The summed E-state index contributed by atoms with van der Waals surface area (Å²) in [4.78, 5) is 5.39. The van der Waals surface area contributed by atoms with Crippen LogP contribution < -0.4 is 0 Å². The highest BCUT2D eigenvalue weighted by molar-refractivity contribution is 7.14. The second-order valence-corrected chi connectivity index (χ2v) is 5.57. The molecule has 5 heteroatoms. The summed E-state index contributed by atoms with van der Waals surface area (Å²) in [5, 5.41) is 16.1. The van der Waals surface area contributed by atoms with Crippen LogP contribution in [0.3, 0.4) is 0 Å². The van der Waals surface area contributed by atoms with Crippen LogP contribution in [0.2, 0.25) is 0 Å². The largest absolute Gasteiger partial charge is 0.493 e. The van der Waals surface area contributed by atoms with Crippen LogP contribution in [0.15, 0.2) is 60.2 Å². The zero-order chi connectivity index (χ0) is 14.2. The van der Waals surface area contributed by atoms with Crippen molar-refractivity contribution in [3.8, 4) is 27.4 Å². The van der Waals surface area contributed by atoms with E-state index >= 15 is 0 Å². The quantitative estimate of drug-likeness (QED) is 0.611. The summed E-state index contributed by atoms with van der Waals surface area (Å²) in [6.45, 7) is 0. The second-order valence-electron chi connectivity index (χ2n) is 4.66. The molecule has 0 aliphatic carbocycles. The van der Waals surface area contributed by atoms with Crippen molar-refractivity contribution in [1.29, 1.82) is 0 Å². The number of aromatic nitrogens is 3. The van der Waals surface area contributed by atoms with E-state index < -0.39 is 0 Å². The Morgan fingerprint density at radius 3 is 2.76 bits per heavy atom. The standard InChI is InChI=1S/C16H11N3OS/c20-15-6-7-17-16-13(9-18-19(15)16)14-8-12(10-21-14)11-4-2-1-3-5-11/h1-10,20H. The van der Waals surface area contributed by atoms with Crippen LogP contribution in [0.25, 0.3) is 27.2 Å². The molecule has 102 valence electrons. The fourth-order valence-electron chi connectivity index (χ4n) is 2.31. The highest BCUT2D eigenvalue weighted by Gasteiger charge is 2.12. The Labute approximate surface area is 125 Å². The van der Waals surface area contributed by atoms with E-state index in [-0.39, 0.29) is 5.88 Å². The minimum Gasteiger partial charge on any atom is -0.493 e. The van der Waals surface area contributed by atoms with Crippen molar-refractivity contribution < 1.29 is 5.11 Å². The Balaban J connectivity index is 1.83. The van der Waals surface area contributed by atoms with Gasteiger partial charge in [-0.15, -0.1) is 11.3 Å². The van der Waals surface area contributed by atoms with Gasteiger partial charge in [0.1, 0.15) is 0 Å². The molecule has 0 fully saturated rings. The molecule has 4 aromatic rings. The summed E-state index contributed by atoms with van der Waals surface area (Å²) in [5.41, 5.74) is 3.96. The lowest BCUT2D eigenvalue weighted by Gasteiger charge is -1.97. The lowest BCUT2D eigenvalue weighted by Crippen LogP contribution is -1.89. The third-order valence-electron chi connectivity index (χ3n) is 3.35. The van der Waals surface area contributed by atoms with Gasteiger partial charge in [-0.3, -0.25) is 0 Å². The van der Waals surface area contributed by atoms with Gasteiger partial charge >= 0.3 is 0 Å². The van der Waals surface area contributed by atoms with Crippen molar-refractivity contribution in [2.24, 2.45) is 0 Å². The van der Waals surface area contributed by atoms with Gasteiger partial charge in [-0.05, 0) is 22.6 Å². The molecule has 4 rings (SSSR count). The number of benzene rings is 1. The van der Waals surface area contributed by atoms with E-state index in [2.05, 4.69) is 33.7 Å². The normalized spacial score (nSPS) is 11.0. The first kappa shape index (κ1) is 12.1. The van der Waals surface area contributed by atoms with Crippen LogP contribution in [0.5, 0.6) is 5.88 Å². The van der Waals surface area contributed by atoms with E-state index in [1.807, 2.05) is 18.2 Å². The first-order valence-electron chi connectivity index (χ1n) is 6.49. The van der Waals surface area contributed by atoms with E-state index in [0.717, 1.165) is 10.4 Å². The van der Waals surface area contributed by atoms with Crippen LogP contribution in [0.4, 0.5) is 0 Å². The molecule has 0 amide bonds. The molecule has 0 radical (unpaired) electrons. The predicted molar refractivity (Wildman–Crippen MR) is 83.4 cm³/mol. The molecule has 0 aliphatic heterocycles. The zero-order valence-corrected chi connectivity index (χ0v) is 11.8. The molecular formula is C16H11N3OS. The Morgan fingerprint density at radius 2 is 1.90 bits per heavy atom. The summed E-state index contributed by atoms with van der Waals surface area (Å²) in [5.74, 6) is 0.0890. The molecule has 3 aromatic heterocycles. The van der Waals surface area contributed by atoms with Gasteiger partial charge in [-0.2, -0.15) is 9.61 Å². The molecule has 0 bridgehead atoms. The maximum atomic E-state index is 9.78. The fraction of sp³-hybridized carbons (Fsp3) is 0. The number of hydrogen-bond acceptors (Lipinski definition) is 4. The number of hydrogen-bond donors (Lipinski definition) is 1. The molecule has 1 N–H and O–H groups in total. The Kier molecular flexibility index (Phi) is 2.72. The van der Waals surface area contributed by atoms with E-state index in [9.17, 15) is 5.11 Å². The van der Waals surface area contributed by atoms with Gasteiger partial charge in [0, 0.05) is 17.1 Å². The Bertz CT molecular complexity index is 912. The first-order valence-corrected chi connectivity index (χ1v) is 7.37. The lowest BCUT2D eigenvalue weighted by molar-refractivity contribution is 0.435. The fourth-order valence-corrected chi connectivity index (χ4v) is 3.24. The molecule has 1 aromatic carbocycles. The SMILES string of the molecule is Oc1ccnc2c(-c3cc(-c4ccccc4)cs3)cnn12. The van der Waals surface area contributed by atoms with Crippen molar-refractivity contribution >= 4 is 17.0 Å². The van der Waals surface area contributed by atoms with Crippen LogP contribution in [-0.4, -0.2) is 19.7 Å². The smallest absolute Gasteiger partial charge is 0.215 e. The van der Waals surface area contributed by atoms with Gasteiger partial charge in [0.2, 0.25) is 5.88 Å². The zero-order valence-electron chi connectivity index (χ0n) is 11.0. The molecule has 0 spiro atoms. The van der Waals surface area contributed by atoms with Crippen LogP contribution >= 0.6 is 11.3 Å². The van der Waals surface area contributed by atoms with Crippen LogP contribution in [-0.2, 0) is 0 Å². The van der Waals surface area contributed by atoms with Crippen LogP contribution in [0.1, 0.15) is 0 Å². The molecule has 0 saturated carbocycles. The molecule has 0 aliphatic rings. The highest BCUT2D eigenvalue weighted by Crippen LogP contribution is 2.34. The monoisotopic (exact) mass is 293 g/mol. The number of thiophene rings is 1.